The molecule has 1 amide bonds. The van der Waals surface area contributed by atoms with Gasteiger partial charge in [-0.05, 0) is 50.1 Å². The Bertz CT molecular complexity index is 934. The van der Waals surface area contributed by atoms with Crippen molar-refractivity contribution < 1.29 is 14.3 Å². The summed E-state index contributed by atoms with van der Waals surface area (Å²) >= 11 is 0. The Hall–Kier alpha value is -3.02. The summed E-state index contributed by atoms with van der Waals surface area (Å²) in [6.45, 7) is 7.01. The fourth-order valence-electron chi connectivity index (χ4n) is 2.81. The Morgan fingerprint density at radius 3 is 2.85 bits per heavy atom. The second-order valence-corrected chi connectivity index (χ2v) is 6.43. The zero-order valence-corrected chi connectivity index (χ0v) is 16.0. The van der Waals surface area contributed by atoms with Gasteiger partial charge in [0.2, 0.25) is 0 Å². The highest BCUT2D eigenvalue weighted by Crippen LogP contribution is 2.20. The van der Waals surface area contributed by atoms with Crippen molar-refractivity contribution in [2.24, 2.45) is 0 Å². The van der Waals surface area contributed by atoms with E-state index in [0.29, 0.717) is 19.6 Å². The van der Waals surface area contributed by atoms with Gasteiger partial charge >= 0.3 is 0 Å². The Kier molecular flexibility index (Phi) is 5.96. The smallest absolute Gasteiger partial charge is 0.257 e. The molecule has 3 rings (SSSR count). The van der Waals surface area contributed by atoms with Crippen LogP contribution >= 0.6 is 0 Å². The van der Waals surface area contributed by atoms with E-state index < -0.39 is 0 Å². The van der Waals surface area contributed by atoms with Crippen LogP contribution in [0.3, 0.4) is 0 Å². The molecule has 0 unspecified atom stereocenters. The molecule has 2 aromatic heterocycles. The van der Waals surface area contributed by atoms with E-state index in [1.54, 1.807) is 0 Å². The lowest BCUT2D eigenvalue weighted by atomic mass is 10.1. The van der Waals surface area contributed by atoms with Crippen LogP contribution in [0.2, 0.25) is 0 Å². The second kappa shape index (κ2) is 8.58. The molecule has 0 saturated heterocycles. The fraction of sp³-hybridized carbons (Fsp3) is 0.333. The van der Waals surface area contributed by atoms with Crippen LogP contribution in [0, 0.1) is 13.8 Å². The van der Waals surface area contributed by atoms with Gasteiger partial charge in [0, 0.05) is 25.4 Å². The number of imidazole rings is 1. The van der Waals surface area contributed by atoms with Crippen molar-refractivity contribution in [1.82, 2.24) is 14.7 Å². The van der Waals surface area contributed by atoms with Crippen LogP contribution in [0.4, 0.5) is 0 Å². The number of benzene rings is 1. The molecule has 6 heteroatoms. The number of carbonyl (C=O) groups is 1. The van der Waals surface area contributed by atoms with Crippen LogP contribution in [0.15, 0.2) is 42.7 Å². The van der Waals surface area contributed by atoms with E-state index >= 15 is 0 Å². The Morgan fingerprint density at radius 2 is 2.04 bits per heavy atom. The first kappa shape index (κ1) is 18.8. The van der Waals surface area contributed by atoms with Gasteiger partial charge in [-0.1, -0.05) is 12.1 Å². The molecule has 0 bridgehead atoms. The van der Waals surface area contributed by atoms with E-state index in [1.165, 1.54) is 0 Å². The maximum absolute atomic E-state index is 12.0. The van der Waals surface area contributed by atoms with Gasteiger partial charge in [-0.15, -0.1) is 0 Å². The summed E-state index contributed by atoms with van der Waals surface area (Å²) < 4.78 is 13.2. The average molecular weight is 367 g/mol. The zero-order valence-electron chi connectivity index (χ0n) is 16.0. The van der Waals surface area contributed by atoms with E-state index in [4.69, 9.17) is 9.47 Å². The van der Waals surface area contributed by atoms with Gasteiger partial charge in [0.25, 0.3) is 5.91 Å². The van der Waals surface area contributed by atoms with Crippen LogP contribution in [-0.2, 0) is 11.2 Å². The molecular formula is C21H25N3O3. The molecule has 27 heavy (non-hydrogen) atoms. The molecule has 0 aliphatic carbocycles. The van der Waals surface area contributed by atoms with Crippen molar-refractivity contribution in [2.45, 2.75) is 27.2 Å². The number of aryl methyl sites for hydroxylation is 2. The molecular weight excluding hydrogens is 342 g/mol. The lowest BCUT2D eigenvalue weighted by molar-refractivity contribution is -0.123. The number of pyridine rings is 1. The van der Waals surface area contributed by atoms with Crippen LogP contribution in [0.5, 0.6) is 11.5 Å². The lowest BCUT2D eigenvalue weighted by Crippen LogP contribution is -2.30. The minimum atomic E-state index is -0.144. The van der Waals surface area contributed by atoms with E-state index in [9.17, 15) is 4.79 Å². The number of rotatable bonds is 8. The molecule has 0 fully saturated rings. The number of hydrogen-bond donors (Lipinski definition) is 1. The monoisotopic (exact) mass is 367 g/mol. The van der Waals surface area contributed by atoms with Crippen LogP contribution in [0.1, 0.15) is 23.7 Å². The fourth-order valence-corrected chi connectivity index (χ4v) is 2.81. The second-order valence-electron chi connectivity index (χ2n) is 6.43. The Labute approximate surface area is 159 Å². The summed E-state index contributed by atoms with van der Waals surface area (Å²) in [4.78, 5) is 16.6. The highest BCUT2D eigenvalue weighted by atomic mass is 16.5. The molecule has 0 saturated carbocycles. The standard InChI is InChI=1S/C21H25N3O3/c1-4-26-18-6-5-11-24-13-17(23-21(18)24)9-10-22-20(25)14-27-19-12-15(2)7-8-16(19)3/h5-8,11-13H,4,9-10,14H2,1-3H3,(H,22,25). The van der Waals surface area contributed by atoms with E-state index in [2.05, 4.69) is 10.3 Å². The number of nitrogens with one attached hydrogen (secondary N) is 1. The zero-order chi connectivity index (χ0) is 19.2. The Morgan fingerprint density at radius 1 is 1.19 bits per heavy atom. The lowest BCUT2D eigenvalue weighted by Gasteiger charge is -2.10. The number of fused-ring (bicyclic) bond motifs is 1. The minimum absolute atomic E-state index is 0.00392. The third kappa shape index (κ3) is 4.78. The summed E-state index contributed by atoms with van der Waals surface area (Å²) in [5, 5.41) is 2.88. The summed E-state index contributed by atoms with van der Waals surface area (Å²) in [5.41, 5.74) is 3.81. The molecule has 2 heterocycles. The SMILES string of the molecule is CCOc1cccn2cc(CCNC(=O)COc3cc(C)ccc3C)nc12. The van der Waals surface area contributed by atoms with Crippen molar-refractivity contribution in [3.63, 3.8) is 0 Å². The van der Waals surface area contributed by atoms with Gasteiger partial charge in [-0.2, -0.15) is 0 Å². The number of aromatic nitrogens is 2. The van der Waals surface area contributed by atoms with Crippen molar-refractivity contribution in [3.8, 4) is 11.5 Å². The first-order chi connectivity index (χ1) is 13.1. The third-order valence-electron chi connectivity index (χ3n) is 4.20. The molecule has 142 valence electrons. The maximum atomic E-state index is 12.0. The maximum Gasteiger partial charge on any atom is 0.257 e. The molecule has 0 radical (unpaired) electrons. The summed E-state index contributed by atoms with van der Waals surface area (Å²) in [6, 6.07) is 9.78. The number of hydrogen-bond acceptors (Lipinski definition) is 4. The number of nitrogens with zero attached hydrogens (tertiary/aromatic N) is 2. The van der Waals surface area contributed by atoms with E-state index in [-0.39, 0.29) is 12.5 Å². The van der Waals surface area contributed by atoms with Gasteiger partial charge in [-0.3, -0.25) is 4.79 Å². The molecule has 1 aromatic carbocycles. The van der Waals surface area contributed by atoms with Gasteiger partial charge in [-0.25, -0.2) is 4.98 Å². The van der Waals surface area contributed by atoms with Gasteiger partial charge in [0.15, 0.2) is 18.0 Å². The van der Waals surface area contributed by atoms with Crippen LogP contribution < -0.4 is 14.8 Å². The van der Waals surface area contributed by atoms with Crippen molar-refractivity contribution >= 4 is 11.6 Å². The largest absolute Gasteiger partial charge is 0.490 e. The first-order valence-corrected chi connectivity index (χ1v) is 9.13. The van der Waals surface area contributed by atoms with Crippen molar-refractivity contribution in [3.05, 3.63) is 59.5 Å². The van der Waals surface area contributed by atoms with Crippen LogP contribution in [0.25, 0.3) is 5.65 Å². The van der Waals surface area contributed by atoms with Gasteiger partial charge in [0.1, 0.15) is 5.75 Å². The quantitative estimate of drug-likeness (QED) is 0.664. The molecule has 0 aliphatic rings. The molecule has 0 aliphatic heterocycles. The highest BCUT2D eigenvalue weighted by molar-refractivity contribution is 5.77. The van der Waals surface area contributed by atoms with Crippen molar-refractivity contribution in [2.75, 3.05) is 19.8 Å². The van der Waals surface area contributed by atoms with Gasteiger partial charge in [0.05, 0.1) is 12.3 Å². The predicted molar refractivity (Wildman–Crippen MR) is 104 cm³/mol. The average Bonchev–Trinajstić information content (AvgIpc) is 3.07. The molecule has 0 spiro atoms. The third-order valence-corrected chi connectivity index (χ3v) is 4.20. The molecule has 6 nitrogen and oxygen atoms in total. The normalized spacial score (nSPS) is 10.8. The number of carbonyl (C=O) groups excluding carboxylic acids is 1. The van der Waals surface area contributed by atoms with Gasteiger partial charge < -0.3 is 19.2 Å². The minimum Gasteiger partial charge on any atom is -0.490 e. The number of amides is 1. The molecule has 1 N–H and O–H groups in total. The summed E-state index contributed by atoms with van der Waals surface area (Å²) in [5.74, 6) is 1.36. The van der Waals surface area contributed by atoms with E-state index in [1.807, 2.05) is 67.9 Å². The summed E-state index contributed by atoms with van der Waals surface area (Å²) in [6.07, 6.45) is 4.53. The summed E-state index contributed by atoms with van der Waals surface area (Å²) in [7, 11) is 0. The predicted octanol–water partition coefficient (Wildman–Crippen LogP) is 3.09. The molecule has 3 aromatic rings. The topological polar surface area (TPSA) is 64.9 Å². The van der Waals surface area contributed by atoms with E-state index in [0.717, 1.165) is 34.0 Å². The van der Waals surface area contributed by atoms with Crippen molar-refractivity contribution in [1.29, 1.82) is 0 Å². The number of ether oxygens (including phenoxy) is 2. The highest BCUT2D eigenvalue weighted by Gasteiger charge is 2.08. The molecule has 0 atom stereocenters. The first-order valence-electron chi connectivity index (χ1n) is 9.13. The Balaban J connectivity index is 1.50. The van der Waals surface area contributed by atoms with Crippen LogP contribution in [-0.4, -0.2) is 35.1 Å².